The molecule has 7 heteroatoms. The highest BCUT2D eigenvalue weighted by Gasteiger charge is 2.48. The number of benzene rings is 1. The molecule has 2 amide bonds. The summed E-state index contributed by atoms with van der Waals surface area (Å²) in [5.74, 6) is -0.0590. The molecule has 1 N–H and O–H groups in total. The number of rotatable bonds is 5. The van der Waals surface area contributed by atoms with Crippen LogP contribution in [0.3, 0.4) is 0 Å². The lowest BCUT2D eigenvalue weighted by Gasteiger charge is -2.45. The van der Waals surface area contributed by atoms with Crippen LogP contribution in [0.1, 0.15) is 67.9 Å². The molecule has 0 saturated heterocycles. The van der Waals surface area contributed by atoms with Gasteiger partial charge in [0.25, 0.3) is 5.91 Å². The fourth-order valence-electron chi connectivity index (χ4n) is 5.37. The predicted octanol–water partition coefficient (Wildman–Crippen LogP) is 5.53. The van der Waals surface area contributed by atoms with E-state index in [1.54, 1.807) is 35.4 Å². The van der Waals surface area contributed by atoms with Crippen LogP contribution in [0.5, 0.6) is 0 Å². The zero-order valence-electron chi connectivity index (χ0n) is 20.1. The van der Waals surface area contributed by atoms with Gasteiger partial charge in [-0.2, -0.15) is 0 Å². The first kappa shape index (κ1) is 23.4. The monoisotopic (exact) mass is 477 g/mol. The third-order valence-electron chi connectivity index (χ3n) is 7.46. The number of fused-ring (bicyclic) bond motifs is 1. The van der Waals surface area contributed by atoms with E-state index in [9.17, 15) is 14.0 Å². The van der Waals surface area contributed by atoms with Crippen LogP contribution in [0.15, 0.2) is 59.2 Å². The molecule has 1 aliphatic carbocycles. The molecule has 0 radical (unpaired) electrons. The number of nitrogens with zero attached hydrogens (tertiary/aromatic N) is 2. The molecule has 0 bridgehead atoms. The van der Waals surface area contributed by atoms with Crippen molar-refractivity contribution in [1.82, 2.24) is 14.8 Å². The minimum Gasteiger partial charge on any atom is -0.463 e. The van der Waals surface area contributed by atoms with Gasteiger partial charge in [-0.1, -0.05) is 44.2 Å². The Morgan fingerprint density at radius 3 is 2.40 bits per heavy atom. The minimum atomic E-state index is -1.12. The second-order valence-corrected chi connectivity index (χ2v) is 9.97. The average Bonchev–Trinajstić information content (AvgIpc) is 3.49. The van der Waals surface area contributed by atoms with E-state index in [1.807, 2.05) is 23.6 Å². The van der Waals surface area contributed by atoms with Crippen molar-refractivity contribution in [2.45, 2.75) is 76.5 Å². The van der Waals surface area contributed by atoms with Crippen LogP contribution in [-0.2, 0) is 17.9 Å². The first-order valence-electron chi connectivity index (χ1n) is 12.6. The Kier molecular flexibility index (Phi) is 6.50. The first-order valence-corrected chi connectivity index (χ1v) is 12.6. The SMILES string of the molecule is C[C@]1(C(=O)NC2CCCCCCC2)Cn2c(ccc2-c2ccco2)C(=O)N1Cc1ccc(F)cc1. The maximum atomic E-state index is 13.9. The third-order valence-corrected chi connectivity index (χ3v) is 7.46. The van der Waals surface area contributed by atoms with Crippen LogP contribution >= 0.6 is 0 Å². The maximum Gasteiger partial charge on any atom is 0.271 e. The third kappa shape index (κ3) is 4.64. The summed E-state index contributed by atoms with van der Waals surface area (Å²) in [7, 11) is 0. The first-order chi connectivity index (χ1) is 17.0. The molecule has 2 aliphatic rings. The highest BCUT2D eigenvalue weighted by molar-refractivity contribution is 6.00. The van der Waals surface area contributed by atoms with E-state index < -0.39 is 5.54 Å². The summed E-state index contributed by atoms with van der Waals surface area (Å²) in [5.41, 5.74) is 0.928. The molecule has 2 aromatic heterocycles. The van der Waals surface area contributed by atoms with Gasteiger partial charge >= 0.3 is 0 Å². The number of halogens is 1. The van der Waals surface area contributed by atoms with Gasteiger partial charge in [-0.3, -0.25) is 9.59 Å². The second-order valence-electron chi connectivity index (χ2n) is 9.97. The summed E-state index contributed by atoms with van der Waals surface area (Å²) in [6.07, 6.45) is 9.36. The molecule has 1 fully saturated rings. The molecule has 3 aromatic rings. The van der Waals surface area contributed by atoms with Crippen molar-refractivity contribution >= 4 is 11.8 Å². The van der Waals surface area contributed by atoms with Gasteiger partial charge in [0.2, 0.25) is 5.91 Å². The molecular weight excluding hydrogens is 445 g/mol. The fourth-order valence-corrected chi connectivity index (χ4v) is 5.37. The number of hydrogen-bond donors (Lipinski definition) is 1. The molecule has 3 heterocycles. The van der Waals surface area contributed by atoms with Crippen molar-refractivity contribution in [3.05, 3.63) is 71.9 Å². The van der Waals surface area contributed by atoms with Crippen LogP contribution in [0, 0.1) is 5.82 Å². The normalized spacial score (nSPS) is 21.3. The summed E-state index contributed by atoms with van der Waals surface area (Å²) < 4.78 is 21.0. The molecule has 0 unspecified atom stereocenters. The van der Waals surface area contributed by atoms with E-state index in [2.05, 4.69) is 5.32 Å². The minimum absolute atomic E-state index is 0.109. The van der Waals surface area contributed by atoms with Crippen molar-refractivity contribution in [3.63, 3.8) is 0 Å². The lowest BCUT2D eigenvalue weighted by Crippen LogP contribution is -2.64. The number of amides is 2. The van der Waals surface area contributed by atoms with E-state index in [0.29, 0.717) is 18.0 Å². The van der Waals surface area contributed by atoms with Crippen LogP contribution in [0.25, 0.3) is 11.5 Å². The molecular formula is C28H32FN3O3. The number of nitrogens with one attached hydrogen (secondary N) is 1. The molecule has 1 aromatic carbocycles. The summed E-state index contributed by atoms with van der Waals surface area (Å²) in [4.78, 5) is 29.4. The second kappa shape index (κ2) is 9.72. The zero-order valence-corrected chi connectivity index (χ0v) is 20.1. The smallest absolute Gasteiger partial charge is 0.271 e. The van der Waals surface area contributed by atoms with Gasteiger partial charge < -0.3 is 19.2 Å². The number of furan rings is 1. The Morgan fingerprint density at radius 2 is 1.71 bits per heavy atom. The van der Waals surface area contributed by atoms with Crippen molar-refractivity contribution in [2.75, 3.05) is 0 Å². The Labute approximate surface area is 205 Å². The predicted molar refractivity (Wildman–Crippen MR) is 131 cm³/mol. The van der Waals surface area contributed by atoms with Crippen LogP contribution in [0.2, 0.25) is 0 Å². The quantitative estimate of drug-likeness (QED) is 0.525. The summed E-state index contributed by atoms with van der Waals surface area (Å²) in [6, 6.07) is 13.5. The summed E-state index contributed by atoms with van der Waals surface area (Å²) in [6.45, 7) is 2.35. The van der Waals surface area contributed by atoms with Gasteiger partial charge in [-0.05, 0) is 61.7 Å². The van der Waals surface area contributed by atoms with Crippen LogP contribution in [-0.4, -0.2) is 32.9 Å². The largest absolute Gasteiger partial charge is 0.463 e. The number of carbonyl (C=O) groups is 2. The highest BCUT2D eigenvalue weighted by atomic mass is 19.1. The van der Waals surface area contributed by atoms with Crippen LogP contribution < -0.4 is 5.32 Å². The lowest BCUT2D eigenvalue weighted by molar-refractivity contribution is -0.134. The van der Waals surface area contributed by atoms with Crippen molar-refractivity contribution in [1.29, 1.82) is 0 Å². The Hall–Kier alpha value is -3.35. The van der Waals surface area contributed by atoms with E-state index in [1.165, 1.54) is 31.4 Å². The number of carbonyl (C=O) groups excluding carboxylic acids is 2. The molecule has 6 nitrogen and oxygen atoms in total. The number of hydrogen-bond acceptors (Lipinski definition) is 3. The Morgan fingerprint density at radius 1 is 1.03 bits per heavy atom. The topological polar surface area (TPSA) is 67.5 Å². The fraction of sp³-hybridized carbons (Fsp3) is 0.429. The van der Waals surface area contributed by atoms with Crippen molar-refractivity contribution in [3.8, 4) is 11.5 Å². The standard InChI is InChI=1S/C28H32FN3O3/c1-28(27(34)30-22-8-5-3-2-4-6-9-22)19-31-23(25-10-7-17-35-25)15-16-24(31)26(33)32(28)18-20-11-13-21(29)14-12-20/h7,10-17,22H,2-6,8-9,18-19H2,1H3,(H,30,34)/t28-/m1/s1. The van der Waals surface area contributed by atoms with Gasteiger partial charge in [0, 0.05) is 12.6 Å². The molecule has 5 rings (SSSR count). The van der Waals surface area contributed by atoms with Gasteiger partial charge in [-0.25, -0.2) is 4.39 Å². The van der Waals surface area contributed by atoms with E-state index in [-0.39, 0.29) is 30.2 Å². The lowest BCUT2D eigenvalue weighted by atomic mass is 9.91. The maximum absolute atomic E-state index is 13.9. The Balaban J connectivity index is 1.49. The molecule has 35 heavy (non-hydrogen) atoms. The van der Waals surface area contributed by atoms with Gasteiger partial charge in [0.15, 0.2) is 0 Å². The molecule has 1 atom stereocenters. The highest BCUT2D eigenvalue weighted by Crippen LogP contribution is 2.34. The van der Waals surface area contributed by atoms with Crippen molar-refractivity contribution < 1.29 is 18.4 Å². The summed E-state index contributed by atoms with van der Waals surface area (Å²) >= 11 is 0. The molecule has 1 aliphatic heterocycles. The summed E-state index contributed by atoms with van der Waals surface area (Å²) in [5, 5.41) is 3.29. The van der Waals surface area contributed by atoms with Crippen molar-refractivity contribution in [2.24, 2.45) is 0 Å². The van der Waals surface area contributed by atoms with E-state index >= 15 is 0 Å². The molecule has 184 valence electrons. The van der Waals surface area contributed by atoms with E-state index in [0.717, 1.165) is 36.9 Å². The van der Waals surface area contributed by atoms with Gasteiger partial charge in [0.1, 0.15) is 22.8 Å². The molecule has 1 saturated carbocycles. The number of aromatic nitrogens is 1. The molecule has 0 spiro atoms. The van der Waals surface area contributed by atoms with E-state index in [4.69, 9.17) is 4.42 Å². The van der Waals surface area contributed by atoms with Crippen LogP contribution in [0.4, 0.5) is 4.39 Å². The van der Waals surface area contributed by atoms with Gasteiger partial charge in [0.05, 0.1) is 18.5 Å². The zero-order chi connectivity index (χ0) is 24.4. The Bertz CT molecular complexity index is 1180. The average molecular weight is 478 g/mol. The van der Waals surface area contributed by atoms with Gasteiger partial charge in [-0.15, -0.1) is 0 Å².